The van der Waals surface area contributed by atoms with Crippen LogP contribution in [-0.4, -0.2) is 29.1 Å². The van der Waals surface area contributed by atoms with E-state index >= 15 is 0 Å². The number of H-pyrrole nitrogens is 2. The van der Waals surface area contributed by atoms with Crippen LogP contribution in [0.4, 0.5) is 0 Å². The number of hydrogen-bond acceptors (Lipinski definition) is 5. The molecule has 3 heterocycles. The van der Waals surface area contributed by atoms with Crippen molar-refractivity contribution in [2.45, 2.75) is 37.6 Å². The number of imidazole rings is 2. The Hall–Kier alpha value is -2.87. The van der Waals surface area contributed by atoms with Gasteiger partial charge in [-0.1, -0.05) is 36.4 Å². The minimum atomic E-state index is 0.743. The summed E-state index contributed by atoms with van der Waals surface area (Å²) in [6.07, 6.45) is 7.33. The Morgan fingerprint density at radius 1 is 0.833 bits per heavy atom. The molecule has 0 bridgehead atoms. The van der Waals surface area contributed by atoms with E-state index in [-0.39, 0.29) is 0 Å². The van der Waals surface area contributed by atoms with E-state index in [1.165, 1.54) is 21.6 Å². The fraction of sp³-hybridized carbons (Fsp3) is 0.217. The van der Waals surface area contributed by atoms with Crippen LogP contribution in [0.1, 0.15) is 28.3 Å². The lowest BCUT2D eigenvalue weighted by Crippen LogP contribution is -2.23. The Morgan fingerprint density at radius 3 is 2.10 bits per heavy atom. The fourth-order valence-electron chi connectivity index (χ4n) is 3.83. The van der Waals surface area contributed by atoms with Gasteiger partial charge < -0.3 is 9.97 Å². The normalized spacial score (nSPS) is 13.8. The molecule has 6 nitrogen and oxygen atoms in total. The molecule has 0 atom stereocenters. The standard InChI is InChI=1S/C23H24N6S/c1-2-6-20-15-29(14-19(20)5-1)30-21-7-3-4-18(12-21)13-28(16-22-24-8-9-25-22)17-23-26-10-11-27-23/h1-12H,13-17H2,(H,24,25)(H,26,27). The molecule has 0 aliphatic carbocycles. The van der Waals surface area contributed by atoms with E-state index in [1.807, 2.05) is 24.3 Å². The van der Waals surface area contributed by atoms with Crippen molar-refractivity contribution in [3.63, 3.8) is 0 Å². The average Bonchev–Trinajstić information content (AvgIpc) is 3.50. The SMILES string of the molecule is c1cc(CN(Cc2ncc[nH]2)Cc2ncc[nH]2)cc(SN2Cc3ccccc3C2)c1. The first-order valence-electron chi connectivity index (χ1n) is 10.1. The lowest BCUT2D eigenvalue weighted by Gasteiger charge is -2.21. The van der Waals surface area contributed by atoms with Crippen molar-refractivity contribution >= 4 is 11.9 Å². The lowest BCUT2D eigenvalue weighted by atomic mass is 10.1. The van der Waals surface area contributed by atoms with Gasteiger partial charge in [-0.15, -0.1) is 0 Å². The van der Waals surface area contributed by atoms with Crippen LogP contribution >= 0.6 is 11.9 Å². The molecule has 5 rings (SSSR count). The lowest BCUT2D eigenvalue weighted by molar-refractivity contribution is 0.236. The van der Waals surface area contributed by atoms with Crippen LogP contribution in [0.15, 0.2) is 78.2 Å². The van der Waals surface area contributed by atoms with Crippen LogP contribution < -0.4 is 0 Å². The summed E-state index contributed by atoms with van der Waals surface area (Å²) >= 11 is 1.84. The molecule has 0 amide bonds. The average molecular weight is 417 g/mol. The molecule has 0 unspecified atom stereocenters. The summed E-state index contributed by atoms with van der Waals surface area (Å²) in [6, 6.07) is 17.5. The third-order valence-electron chi connectivity index (χ3n) is 5.21. The number of fused-ring (bicyclic) bond motifs is 1. The number of nitrogens with zero attached hydrogens (tertiary/aromatic N) is 4. The maximum absolute atomic E-state index is 4.39. The highest BCUT2D eigenvalue weighted by Gasteiger charge is 2.19. The van der Waals surface area contributed by atoms with Crippen molar-refractivity contribution in [1.82, 2.24) is 29.1 Å². The van der Waals surface area contributed by atoms with Gasteiger partial charge in [0.2, 0.25) is 0 Å². The molecule has 4 aromatic rings. The molecule has 0 spiro atoms. The number of hydrogen-bond donors (Lipinski definition) is 2. The van der Waals surface area contributed by atoms with Crippen LogP contribution in [0.2, 0.25) is 0 Å². The Kier molecular flexibility index (Phi) is 5.65. The minimum absolute atomic E-state index is 0.743. The highest BCUT2D eigenvalue weighted by atomic mass is 32.2. The van der Waals surface area contributed by atoms with Gasteiger partial charge >= 0.3 is 0 Å². The van der Waals surface area contributed by atoms with Gasteiger partial charge in [0.15, 0.2) is 0 Å². The van der Waals surface area contributed by atoms with Crippen LogP contribution in [0.25, 0.3) is 0 Å². The van der Waals surface area contributed by atoms with E-state index in [0.29, 0.717) is 0 Å². The summed E-state index contributed by atoms with van der Waals surface area (Å²) in [5.41, 5.74) is 4.16. The maximum Gasteiger partial charge on any atom is 0.120 e. The van der Waals surface area contributed by atoms with Gasteiger partial charge in [0.25, 0.3) is 0 Å². The highest BCUT2D eigenvalue weighted by Crippen LogP contribution is 2.33. The Balaban J connectivity index is 1.27. The molecular weight excluding hydrogens is 392 g/mol. The van der Waals surface area contributed by atoms with E-state index in [2.05, 4.69) is 77.7 Å². The number of aromatic amines is 2. The Labute approximate surface area is 180 Å². The van der Waals surface area contributed by atoms with Crippen LogP contribution in [-0.2, 0) is 32.7 Å². The van der Waals surface area contributed by atoms with Crippen LogP contribution in [0.3, 0.4) is 0 Å². The molecule has 0 radical (unpaired) electrons. The molecule has 2 aromatic carbocycles. The number of benzene rings is 2. The summed E-state index contributed by atoms with van der Waals surface area (Å²) < 4.78 is 2.42. The summed E-state index contributed by atoms with van der Waals surface area (Å²) in [5.74, 6) is 1.92. The van der Waals surface area contributed by atoms with Crippen molar-refractivity contribution in [2.24, 2.45) is 0 Å². The molecule has 0 fully saturated rings. The van der Waals surface area contributed by atoms with Crippen LogP contribution in [0, 0.1) is 0 Å². The molecule has 30 heavy (non-hydrogen) atoms. The fourth-order valence-corrected chi connectivity index (χ4v) is 4.88. The van der Waals surface area contributed by atoms with E-state index in [9.17, 15) is 0 Å². The first-order valence-corrected chi connectivity index (χ1v) is 10.9. The van der Waals surface area contributed by atoms with Crippen molar-refractivity contribution in [2.75, 3.05) is 0 Å². The third-order valence-corrected chi connectivity index (χ3v) is 6.19. The number of aromatic nitrogens is 4. The van der Waals surface area contributed by atoms with E-state index in [4.69, 9.17) is 0 Å². The molecule has 152 valence electrons. The molecule has 1 aliphatic heterocycles. The molecule has 2 aromatic heterocycles. The van der Waals surface area contributed by atoms with Crippen molar-refractivity contribution < 1.29 is 0 Å². The van der Waals surface area contributed by atoms with Gasteiger partial charge in [-0.05, 0) is 40.8 Å². The quantitative estimate of drug-likeness (QED) is 0.418. The highest BCUT2D eigenvalue weighted by molar-refractivity contribution is 7.97. The zero-order chi connectivity index (χ0) is 20.2. The monoisotopic (exact) mass is 416 g/mol. The van der Waals surface area contributed by atoms with E-state index in [1.54, 1.807) is 12.4 Å². The molecule has 0 saturated carbocycles. The van der Waals surface area contributed by atoms with Gasteiger partial charge in [0, 0.05) is 49.3 Å². The van der Waals surface area contributed by atoms with Crippen LogP contribution in [0.5, 0.6) is 0 Å². The van der Waals surface area contributed by atoms with Gasteiger partial charge in [0.1, 0.15) is 11.6 Å². The zero-order valence-electron chi connectivity index (χ0n) is 16.7. The van der Waals surface area contributed by atoms with Gasteiger partial charge in [0.05, 0.1) is 13.1 Å². The topological polar surface area (TPSA) is 63.8 Å². The summed E-state index contributed by atoms with van der Waals surface area (Å²) in [7, 11) is 0. The predicted octanol–water partition coefficient (Wildman–Crippen LogP) is 4.36. The molecule has 2 N–H and O–H groups in total. The largest absolute Gasteiger partial charge is 0.348 e. The summed E-state index contributed by atoms with van der Waals surface area (Å²) in [5, 5.41) is 0. The second kappa shape index (κ2) is 8.87. The van der Waals surface area contributed by atoms with Gasteiger partial charge in [-0.3, -0.25) is 4.90 Å². The predicted molar refractivity (Wildman–Crippen MR) is 118 cm³/mol. The smallest absolute Gasteiger partial charge is 0.120 e. The first-order chi connectivity index (χ1) is 14.8. The first kappa shape index (κ1) is 19.1. The van der Waals surface area contributed by atoms with Gasteiger partial charge in [-0.2, -0.15) is 0 Å². The molecule has 1 aliphatic rings. The number of rotatable bonds is 8. The minimum Gasteiger partial charge on any atom is -0.348 e. The van der Waals surface area contributed by atoms with E-state index in [0.717, 1.165) is 44.4 Å². The van der Waals surface area contributed by atoms with Crippen molar-refractivity contribution in [3.8, 4) is 0 Å². The summed E-state index contributed by atoms with van der Waals surface area (Å²) in [6.45, 7) is 4.30. The molecular formula is C23H24N6S. The molecule has 7 heteroatoms. The van der Waals surface area contributed by atoms with Crippen molar-refractivity contribution in [1.29, 1.82) is 0 Å². The Bertz CT molecular complexity index is 1020. The second-order valence-corrected chi connectivity index (χ2v) is 8.69. The zero-order valence-corrected chi connectivity index (χ0v) is 17.5. The second-order valence-electron chi connectivity index (χ2n) is 7.52. The Morgan fingerprint density at radius 2 is 1.50 bits per heavy atom. The summed E-state index contributed by atoms with van der Waals surface area (Å²) in [4.78, 5) is 18.8. The van der Waals surface area contributed by atoms with Crippen molar-refractivity contribution in [3.05, 3.63) is 102 Å². The molecule has 0 saturated heterocycles. The van der Waals surface area contributed by atoms with Gasteiger partial charge in [-0.25, -0.2) is 14.3 Å². The van der Waals surface area contributed by atoms with E-state index < -0.39 is 0 Å². The maximum atomic E-state index is 4.39. The third kappa shape index (κ3) is 4.64. The number of nitrogens with one attached hydrogen (secondary N) is 2.